The van der Waals surface area contributed by atoms with E-state index in [0.29, 0.717) is 39.6 Å². The zero-order chi connectivity index (χ0) is 13.1. The van der Waals surface area contributed by atoms with Crippen LogP contribution in [0.5, 0.6) is 0 Å². The lowest BCUT2D eigenvalue weighted by Gasteiger charge is -2.26. The highest BCUT2D eigenvalue weighted by Gasteiger charge is 2.27. The van der Waals surface area contributed by atoms with E-state index < -0.39 is 0 Å². The first-order chi connectivity index (χ1) is 9.36. The van der Waals surface area contributed by atoms with Gasteiger partial charge in [-0.05, 0) is 15.9 Å². The Hall–Kier alpha value is -0.600. The SMILES string of the molecule is Brc1c([C@@H]2COCCO2)ncnc1[C@H]1COCCO1. The minimum atomic E-state index is -0.158. The molecule has 2 fully saturated rings. The summed E-state index contributed by atoms with van der Waals surface area (Å²) in [5, 5.41) is 0. The molecule has 19 heavy (non-hydrogen) atoms. The Morgan fingerprint density at radius 1 is 0.895 bits per heavy atom. The summed E-state index contributed by atoms with van der Waals surface area (Å²) in [6.45, 7) is 3.45. The van der Waals surface area contributed by atoms with Gasteiger partial charge < -0.3 is 18.9 Å². The van der Waals surface area contributed by atoms with Gasteiger partial charge in [0.25, 0.3) is 0 Å². The molecule has 6 nitrogen and oxygen atoms in total. The van der Waals surface area contributed by atoms with Gasteiger partial charge in [-0.1, -0.05) is 0 Å². The maximum atomic E-state index is 5.67. The van der Waals surface area contributed by atoms with Gasteiger partial charge in [-0.25, -0.2) is 9.97 Å². The molecule has 2 aliphatic rings. The summed E-state index contributed by atoms with van der Waals surface area (Å²) >= 11 is 3.56. The summed E-state index contributed by atoms with van der Waals surface area (Å²) in [7, 11) is 0. The molecule has 0 spiro atoms. The molecule has 0 bridgehead atoms. The van der Waals surface area contributed by atoms with Gasteiger partial charge in [0, 0.05) is 0 Å². The summed E-state index contributed by atoms with van der Waals surface area (Å²) in [6.07, 6.45) is 1.22. The first-order valence-electron chi connectivity index (χ1n) is 6.25. The fraction of sp³-hybridized carbons (Fsp3) is 0.667. The van der Waals surface area contributed by atoms with Crippen LogP contribution in [0.4, 0.5) is 0 Å². The quantitative estimate of drug-likeness (QED) is 0.817. The van der Waals surface area contributed by atoms with Gasteiger partial charge in [0.2, 0.25) is 0 Å². The molecule has 104 valence electrons. The number of aromatic nitrogens is 2. The van der Waals surface area contributed by atoms with Crippen molar-refractivity contribution in [2.45, 2.75) is 12.2 Å². The minimum Gasteiger partial charge on any atom is -0.376 e. The number of nitrogens with zero attached hydrogens (tertiary/aromatic N) is 2. The molecule has 1 aromatic heterocycles. The van der Waals surface area contributed by atoms with Crippen molar-refractivity contribution in [1.82, 2.24) is 9.97 Å². The van der Waals surface area contributed by atoms with E-state index in [1.165, 1.54) is 6.33 Å². The zero-order valence-electron chi connectivity index (χ0n) is 10.4. The lowest BCUT2D eigenvalue weighted by Crippen LogP contribution is -2.26. The maximum absolute atomic E-state index is 5.67. The van der Waals surface area contributed by atoms with Crippen LogP contribution in [0.2, 0.25) is 0 Å². The van der Waals surface area contributed by atoms with Crippen LogP contribution in [-0.2, 0) is 18.9 Å². The molecule has 3 rings (SSSR count). The first kappa shape index (κ1) is 13.4. The molecule has 2 atom stereocenters. The van der Waals surface area contributed by atoms with Crippen molar-refractivity contribution >= 4 is 15.9 Å². The summed E-state index contributed by atoms with van der Waals surface area (Å²) in [6, 6.07) is 0. The van der Waals surface area contributed by atoms with Crippen molar-refractivity contribution in [3.05, 3.63) is 22.2 Å². The largest absolute Gasteiger partial charge is 0.376 e. The van der Waals surface area contributed by atoms with Crippen LogP contribution in [0.3, 0.4) is 0 Å². The third kappa shape index (κ3) is 2.95. The second-order valence-electron chi connectivity index (χ2n) is 4.33. The second kappa shape index (κ2) is 6.23. The highest BCUT2D eigenvalue weighted by Crippen LogP contribution is 2.32. The van der Waals surface area contributed by atoms with E-state index in [0.717, 1.165) is 15.9 Å². The van der Waals surface area contributed by atoms with Crippen LogP contribution >= 0.6 is 15.9 Å². The summed E-state index contributed by atoms with van der Waals surface area (Å²) in [5.41, 5.74) is 1.61. The van der Waals surface area contributed by atoms with Crippen LogP contribution in [0.1, 0.15) is 23.6 Å². The number of ether oxygens (including phenoxy) is 4. The lowest BCUT2D eigenvalue weighted by molar-refractivity contribution is -0.0957. The molecule has 2 aliphatic heterocycles. The molecule has 0 N–H and O–H groups in total. The summed E-state index contributed by atoms with van der Waals surface area (Å²) in [4.78, 5) is 8.60. The molecule has 0 aromatic carbocycles. The zero-order valence-corrected chi connectivity index (χ0v) is 12.0. The van der Waals surface area contributed by atoms with Gasteiger partial charge in [-0.15, -0.1) is 0 Å². The molecule has 0 unspecified atom stereocenters. The molecule has 0 saturated carbocycles. The van der Waals surface area contributed by atoms with Crippen molar-refractivity contribution < 1.29 is 18.9 Å². The number of hydrogen-bond acceptors (Lipinski definition) is 6. The van der Waals surface area contributed by atoms with Crippen molar-refractivity contribution in [2.24, 2.45) is 0 Å². The lowest BCUT2D eigenvalue weighted by atomic mass is 10.1. The van der Waals surface area contributed by atoms with E-state index in [1.54, 1.807) is 0 Å². The van der Waals surface area contributed by atoms with Gasteiger partial charge in [0.15, 0.2) is 0 Å². The Kier molecular flexibility index (Phi) is 4.39. The van der Waals surface area contributed by atoms with Crippen molar-refractivity contribution in [3.63, 3.8) is 0 Å². The van der Waals surface area contributed by atoms with Crippen molar-refractivity contribution in [2.75, 3.05) is 39.6 Å². The van der Waals surface area contributed by atoms with Crippen LogP contribution in [0, 0.1) is 0 Å². The third-order valence-electron chi connectivity index (χ3n) is 3.09. The summed E-state index contributed by atoms with van der Waals surface area (Å²) in [5.74, 6) is 0. The smallest absolute Gasteiger partial charge is 0.124 e. The van der Waals surface area contributed by atoms with E-state index in [2.05, 4.69) is 25.9 Å². The van der Waals surface area contributed by atoms with E-state index >= 15 is 0 Å². The van der Waals surface area contributed by atoms with Gasteiger partial charge >= 0.3 is 0 Å². The Balaban J connectivity index is 1.84. The maximum Gasteiger partial charge on any atom is 0.124 e. The number of halogens is 1. The van der Waals surface area contributed by atoms with E-state index in [4.69, 9.17) is 18.9 Å². The Labute approximate surface area is 119 Å². The van der Waals surface area contributed by atoms with Crippen LogP contribution in [-0.4, -0.2) is 49.6 Å². The van der Waals surface area contributed by atoms with Crippen LogP contribution in [0.25, 0.3) is 0 Å². The van der Waals surface area contributed by atoms with E-state index in [9.17, 15) is 0 Å². The Morgan fingerprint density at radius 2 is 1.42 bits per heavy atom. The average molecular weight is 331 g/mol. The second-order valence-corrected chi connectivity index (χ2v) is 5.12. The van der Waals surface area contributed by atoms with E-state index in [-0.39, 0.29) is 12.2 Å². The normalized spacial score (nSPS) is 28.3. The fourth-order valence-electron chi connectivity index (χ4n) is 2.14. The highest BCUT2D eigenvalue weighted by molar-refractivity contribution is 9.10. The standard InChI is InChI=1S/C12H15BrN2O4/c13-10-11(8-5-16-1-3-18-8)14-7-15-12(10)9-6-17-2-4-19-9/h7-9H,1-6H2/t8-,9+. The molecule has 1 aromatic rings. The van der Waals surface area contributed by atoms with Gasteiger partial charge in [0.05, 0.1) is 55.5 Å². The number of hydrogen-bond donors (Lipinski definition) is 0. The van der Waals surface area contributed by atoms with Crippen LogP contribution in [0.15, 0.2) is 10.8 Å². The third-order valence-corrected chi connectivity index (χ3v) is 3.90. The molecular weight excluding hydrogens is 316 g/mol. The highest BCUT2D eigenvalue weighted by atomic mass is 79.9. The predicted octanol–water partition coefficient (Wildman–Crippen LogP) is 1.41. The molecular formula is C12H15BrN2O4. The monoisotopic (exact) mass is 330 g/mol. The fourth-order valence-corrected chi connectivity index (χ4v) is 2.85. The number of rotatable bonds is 2. The average Bonchev–Trinajstić information content (AvgIpc) is 2.49. The molecule has 3 heterocycles. The minimum absolute atomic E-state index is 0.158. The summed E-state index contributed by atoms with van der Waals surface area (Å²) < 4.78 is 23.0. The first-order valence-corrected chi connectivity index (χ1v) is 7.04. The molecule has 2 saturated heterocycles. The van der Waals surface area contributed by atoms with Gasteiger partial charge in [0.1, 0.15) is 18.5 Å². The van der Waals surface area contributed by atoms with Gasteiger partial charge in [-0.3, -0.25) is 0 Å². The van der Waals surface area contributed by atoms with Crippen LogP contribution < -0.4 is 0 Å². The van der Waals surface area contributed by atoms with E-state index in [1.807, 2.05) is 0 Å². The molecule has 0 radical (unpaired) electrons. The topological polar surface area (TPSA) is 62.7 Å². The van der Waals surface area contributed by atoms with Gasteiger partial charge in [-0.2, -0.15) is 0 Å². The van der Waals surface area contributed by atoms with Crippen molar-refractivity contribution in [1.29, 1.82) is 0 Å². The predicted molar refractivity (Wildman–Crippen MR) is 68.8 cm³/mol. The Bertz CT molecular complexity index is 397. The molecule has 7 heteroatoms. The molecule has 0 amide bonds. The Morgan fingerprint density at radius 3 is 1.84 bits per heavy atom. The molecule has 0 aliphatic carbocycles. The van der Waals surface area contributed by atoms with Crippen molar-refractivity contribution in [3.8, 4) is 0 Å².